The molecule has 0 fully saturated rings. The number of hydrogen-bond acceptors (Lipinski definition) is 4. The maximum absolute atomic E-state index is 11.4. The monoisotopic (exact) mass is 256 g/mol. The molecule has 0 saturated carbocycles. The van der Waals surface area contributed by atoms with Crippen molar-refractivity contribution in [1.82, 2.24) is 0 Å². The van der Waals surface area contributed by atoms with Crippen molar-refractivity contribution >= 4 is 55.5 Å². The minimum absolute atomic E-state index is 0. The molecule has 0 bridgehead atoms. The van der Waals surface area contributed by atoms with Crippen LogP contribution in [0.15, 0.2) is 0 Å². The number of ether oxygens (including phenoxy) is 1. The molecule has 0 radical (unpaired) electrons. The van der Waals surface area contributed by atoms with Crippen LogP contribution in [0.5, 0.6) is 0 Å². The van der Waals surface area contributed by atoms with Crippen LogP contribution in [-0.2, 0) is 19.1 Å². The van der Waals surface area contributed by atoms with Gasteiger partial charge in [-0.05, 0) is 20.8 Å². The fraction of sp³-hybridized carbons (Fsp3) is 0.727. The number of carbonyl (C=O) groups is 3. The first kappa shape index (κ1) is 18.4. The molecule has 4 nitrogen and oxygen atoms in total. The van der Waals surface area contributed by atoms with Gasteiger partial charge in [-0.15, -0.1) is 0 Å². The number of Topliss-reactive ketones (excluding diaryl/α,β-unsaturated/α-hetero) is 1. The molecule has 0 aliphatic rings. The van der Waals surface area contributed by atoms with E-state index in [0.717, 1.165) is 0 Å². The predicted octanol–water partition coefficient (Wildman–Crippen LogP) is 0.801. The molecule has 0 aromatic carbocycles. The van der Waals surface area contributed by atoms with Crippen molar-refractivity contribution in [1.29, 1.82) is 0 Å². The molecule has 0 amide bonds. The molecule has 90 valence electrons. The van der Waals surface area contributed by atoms with Gasteiger partial charge in [-0.2, -0.15) is 0 Å². The van der Waals surface area contributed by atoms with Gasteiger partial charge in [0.15, 0.2) is 0 Å². The zero-order chi connectivity index (χ0) is 12.4. The molecule has 0 aromatic rings. The van der Waals surface area contributed by atoms with Crippen molar-refractivity contribution in [3.05, 3.63) is 0 Å². The first-order valence-corrected chi connectivity index (χ1v) is 4.77. The van der Waals surface area contributed by atoms with Crippen molar-refractivity contribution in [2.45, 2.75) is 41.5 Å². The summed E-state index contributed by atoms with van der Waals surface area (Å²) in [6.45, 7) is 9.63. The Morgan fingerprint density at radius 2 is 1.19 bits per heavy atom. The van der Waals surface area contributed by atoms with Crippen LogP contribution in [0.1, 0.15) is 41.5 Å². The van der Waals surface area contributed by atoms with E-state index in [1.807, 2.05) is 0 Å². The zero-order valence-electron chi connectivity index (χ0n) is 10.1. The molecule has 0 spiro atoms. The summed E-state index contributed by atoms with van der Waals surface area (Å²) in [6, 6.07) is 0. The third-order valence-corrected chi connectivity index (χ3v) is 1.66. The summed E-state index contributed by atoms with van der Waals surface area (Å²) in [5.41, 5.74) is -1.61. The van der Waals surface area contributed by atoms with Gasteiger partial charge in [0.25, 0.3) is 0 Å². The van der Waals surface area contributed by atoms with E-state index < -0.39 is 28.6 Å². The molecule has 0 saturated heterocycles. The maximum atomic E-state index is 11.4. The Morgan fingerprint density at radius 3 is 1.44 bits per heavy atom. The number of hydrogen-bond donors (Lipinski definition) is 0. The molecule has 0 aliphatic heterocycles. The number of esters is 2. The molecule has 0 unspecified atom stereocenters. The van der Waals surface area contributed by atoms with Crippen molar-refractivity contribution in [3.63, 3.8) is 0 Å². The summed E-state index contributed by atoms with van der Waals surface area (Å²) in [5, 5.41) is 0. The van der Waals surface area contributed by atoms with Crippen LogP contribution in [0.4, 0.5) is 0 Å². The molecule has 0 heterocycles. The Labute approximate surface area is 126 Å². The van der Waals surface area contributed by atoms with E-state index in [9.17, 15) is 14.4 Å². The van der Waals surface area contributed by atoms with E-state index in [0.29, 0.717) is 0 Å². The average molecular weight is 256 g/mol. The fourth-order valence-corrected chi connectivity index (χ4v) is 0.590. The van der Waals surface area contributed by atoms with Crippen LogP contribution in [0.3, 0.4) is 0 Å². The van der Waals surface area contributed by atoms with Gasteiger partial charge < -0.3 is 4.74 Å². The summed E-state index contributed by atoms with van der Waals surface area (Å²) >= 11 is 0. The van der Waals surface area contributed by atoms with Crippen molar-refractivity contribution in [3.8, 4) is 0 Å². The van der Waals surface area contributed by atoms with E-state index in [-0.39, 0.29) is 37.7 Å². The molecular formula is C11H20CaO4. The average Bonchev–Trinajstić information content (AvgIpc) is 1.99. The van der Waals surface area contributed by atoms with E-state index in [4.69, 9.17) is 0 Å². The third kappa shape index (κ3) is 5.97. The van der Waals surface area contributed by atoms with Gasteiger partial charge in [0.05, 0.1) is 5.41 Å². The van der Waals surface area contributed by atoms with Crippen molar-refractivity contribution in [2.75, 3.05) is 0 Å². The van der Waals surface area contributed by atoms with Crippen LogP contribution in [0.25, 0.3) is 0 Å². The molecular weight excluding hydrogens is 236 g/mol. The molecule has 0 aromatic heterocycles. The SMILES string of the molecule is CC(C)(C)C(=O)OC(=O)C(=O)C(C)(C)C.[CaH2]. The molecule has 16 heavy (non-hydrogen) atoms. The van der Waals surface area contributed by atoms with Gasteiger partial charge in [-0.1, -0.05) is 20.8 Å². The summed E-state index contributed by atoms with van der Waals surface area (Å²) in [4.78, 5) is 34.0. The van der Waals surface area contributed by atoms with Gasteiger partial charge in [0.2, 0.25) is 5.78 Å². The third-order valence-electron chi connectivity index (χ3n) is 1.66. The molecule has 0 aliphatic carbocycles. The molecule has 0 rings (SSSR count). The topological polar surface area (TPSA) is 60.4 Å². The molecule has 0 atom stereocenters. The van der Waals surface area contributed by atoms with Crippen LogP contribution >= 0.6 is 0 Å². The standard InChI is InChI=1S/C11H18O4.Ca.2H/c1-10(2,3)7(12)8(13)15-9(14)11(4,5)6;;;/h1-6H3;;;. The predicted molar refractivity (Wildman–Crippen MR) is 63.6 cm³/mol. The second kappa shape index (κ2) is 6.12. The Kier molecular flexibility index (Phi) is 7.06. The van der Waals surface area contributed by atoms with E-state index in [2.05, 4.69) is 4.74 Å². The quantitative estimate of drug-likeness (QED) is 0.301. The Hall–Kier alpha value is 0.0697. The van der Waals surface area contributed by atoms with Crippen LogP contribution in [0.2, 0.25) is 0 Å². The number of carbonyl (C=O) groups excluding carboxylic acids is 3. The second-order valence-electron chi connectivity index (χ2n) is 5.51. The second-order valence-corrected chi connectivity index (χ2v) is 5.51. The van der Waals surface area contributed by atoms with Crippen LogP contribution in [0, 0.1) is 10.8 Å². The zero-order valence-corrected chi connectivity index (χ0v) is 10.1. The Bertz CT molecular complexity index is 294. The summed E-state index contributed by atoms with van der Waals surface area (Å²) in [5.74, 6) is -2.47. The van der Waals surface area contributed by atoms with Crippen LogP contribution in [-0.4, -0.2) is 55.5 Å². The first-order valence-electron chi connectivity index (χ1n) is 4.77. The Balaban J connectivity index is 0. The van der Waals surface area contributed by atoms with Gasteiger partial charge in [0, 0.05) is 5.41 Å². The van der Waals surface area contributed by atoms with Gasteiger partial charge in [-0.3, -0.25) is 9.59 Å². The van der Waals surface area contributed by atoms with Crippen LogP contribution < -0.4 is 0 Å². The fourth-order valence-electron chi connectivity index (χ4n) is 0.590. The van der Waals surface area contributed by atoms with Crippen molar-refractivity contribution in [2.24, 2.45) is 10.8 Å². The van der Waals surface area contributed by atoms with E-state index >= 15 is 0 Å². The van der Waals surface area contributed by atoms with Crippen molar-refractivity contribution < 1.29 is 19.1 Å². The Morgan fingerprint density at radius 1 is 0.812 bits per heavy atom. The van der Waals surface area contributed by atoms with Gasteiger partial charge >= 0.3 is 49.7 Å². The molecule has 0 N–H and O–H groups in total. The summed E-state index contributed by atoms with van der Waals surface area (Å²) in [6.07, 6.45) is 0. The van der Waals surface area contributed by atoms with E-state index in [1.54, 1.807) is 41.5 Å². The number of rotatable bonds is 1. The van der Waals surface area contributed by atoms with E-state index in [1.165, 1.54) is 0 Å². The summed E-state index contributed by atoms with van der Waals surface area (Å²) in [7, 11) is 0. The number of ketones is 1. The first-order chi connectivity index (χ1) is 6.46. The minimum atomic E-state index is -1.08. The normalized spacial score (nSPS) is 11.4. The van der Waals surface area contributed by atoms with Gasteiger partial charge in [-0.25, -0.2) is 4.79 Å². The molecule has 5 heteroatoms. The van der Waals surface area contributed by atoms with Gasteiger partial charge in [0.1, 0.15) is 0 Å². The summed E-state index contributed by atoms with van der Waals surface area (Å²) < 4.78 is 4.48.